The molecule has 3 heterocycles. The number of benzene rings is 1. The van der Waals surface area contributed by atoms with Crippen molar-refractivity contribution < 1.29 is 4.79 Å². The predicted molar refractivity (Wildman–Crippen MR) is 156 cm³/mol. The second-order valence-corrected chi connectivity index (χ2v) is 10.9. The molecular formula is C28H38N10O. The lowest BCUT2D eigenvalue weighted by molar-refractivity contribution is 0.0963. The molecule has 0 bridgehead atoms. The average molecular weight is 531 g/mol. The van der Waals surface area contributed by atoms with Gasteiger partial charge in [0.15, 0.2) is 5.82 Å². The Balaban J connectivity index is 1.63. The molecule has 11 heteroatoms. The number of nitrogens with zero attached hydrogens (tertiary/aromatic N) is 6. The Labute approximate surface area is 229 Å². The lowest BCUT2D eigenvalue weighted by Crippen LogP contribution is -2.45. The summed E-state index contributed by atoms with van der Waals surface area (Å²) in [5.41, 5.74) is 4.50. The molecule has 39 heavy (non-hydrogen) atoms. The molecule has 1 fully saturated rings. The van der Waals surface area contributed by atoms with Crippen LogP contribution in [-0.4, -0.2) is 76.7 Å². The van der Waals surface area contributed by atoms with Crippen molar-refractivity contribution in [1.29, 1.82) is 5.41 Å². The van der Waals surface area contributed by atoms with E-state index in [4.69, 9.17) is 10.4 Å². The monoisotopic (exact) mass is 530 g/mol. The zero-order valence-electron chi connectivity index (χ0n) is 23.8. The second kappa shape index (κ2) is 11.3. The maximum Gasteiger partial charge on any atom is 0.256 e. The summed E-state index contributed by atoms with van der Waals surface area (Å²) in [7, 11) is 3.83. The van der Waals surface area contributed by atoms with Gasteiger partial charge in [-0.05, 0) is 50.2 Å². The molecule has 1 aliphatic rings. The Hall–Kier alpha value is -4.12. The predicted octanol–water partition coefficient (Wildman–Crippen LogP) is 3.39. The van der Waals surface area contributed by atoms with E-state index in [-0.39, 0.29) is 11.3 Å². The number of rotatable bonds is 7. The van der Waals surface area contributed by atoms with E-state index >= 15 is 0 Å². The van der Waals surface area contributed by atoms with Gasteiger partial charge in [-0.2, -0.15) is 0 Å². The summed E-state index contributed by atoms with van der Waals surface area (Å²) in [4.78, 5) is 35.9. The highest BCUT2D eigenvalue weighted by Gasteiger charge is 2.20. The number of nitrogens with one attached hydrogen (secondary N) is 4. The molecule has 0 atom stereocenters. The summed E-state index contributed by atoms with van der Waals surface area (Å²) < 4.78 is 0. The van der Waals surface area contributed by atoms with E-state index in [1.807, 2.05) is 40.7 Å². The molecule has 1 saturated heterocycles. The molecule has 2 aromatic heterocycles. The number of allylic oxidation sites excluding steroid dienone is 1. The molecule has 206 valence electrons. The molecule has 4 N–H and O–H groups in total. The summed E-state index contributed by atoms with van der Waals surface area (Å²) >= 11 is 0. The van der Waals surface area contributed by atoms with Gasteiger partial charge in [0, 0.05) is 55.6 Å². The summed E-state index contributed by atoms with van der Waals surface area (Å²) in [6, 6.07) is 3.65. The van der Waals surface area contributed by atoms with Gasteiger partial charge < -0.3 is 31.2 Å². The largest absolute Gasteiger partial charge is 0.375 e. The van der Waals surface area contributed by atoms with Crippen LogP contribution >= 0.6 is 0 Å². The first-order valence-corrected chi connectivity index (χ1v) is 13.1. The van der Waals surface area contributed by atoms with Crippen LogP contribution in [0.15, 0.2) is 36.6 Å². The molecule has 0 saturated carbocycles. The molecule has 1 aromatic carbocycles. The molecule has 0 radical (unpaired) electrons. The van der Waals surface area contributed by atoms with E-state index < -0.39 is 0 Å². The van der Waals surface area contributed by atoms with Crippen molar-refractivity contribution >= 4 is 40.1 Å². The third-order valence-corrected chi connectivity index (χ3v) is 6.95. The number of likely N-dealkylation sites (N-methyl/N-ethyl adjacent to an activating group) is 1. The van der Waals surface area contributed by atoms with Crippen molar-refractivity contribution in [2.75, 3.05) is 50.5 Å². The van der Waals surface area contributed by atoms with Crippen LogP contribution in [0.25, 0.3) is 11.0 Å². The van der Waals surface area contributed by atoms with Gasteiger partial charge in [0.25, 0.3) is 5.91 Å². The van der Waals surface area contributed by atoms with E-state index in [0.717, 1.165) is 43.0 Å². The zero-order chi connectivity index (χ0) is 28.3. The Morgan fingerprint density at radius 3 is 2.46 bits per heavy atom. The average Bonchev–Trinajstić information content (AvgIpc) is 2.90. The van der Waals surface area contributed by atoms with Gasteiger partial charge in [-0.3, -0.25) is 4.79 Å². The standard InChI is InChI=1S/C28H38N10O/c1-17-12-19(26(39)35-23(30-6)14-22(29)28(3,4)5)13-20(18(17)2)34-25-24-21(32-16-33-25)15-31-27(36-24)38-10-8-37(7)9-11-38/h12-16,29-30H,8-11H2,1-7H3,(H,35,39)(H,32,33,34)/b23-14+,29-22?. The number of anilines is 3. The van der Waals surface area contributed by atoms with Crippen LogP contribution in [0.4, 0.5) is 17.5 Å². The molecule has 1 aliphatic heterocycles. The fraction of sp³-hybridized carbons (Fsp3) is 0.429. The Kier molecular flexibility index (Phi) is 8.10. The van der Waals surface area contributed by atoms with Crippen molar-refractivity contribution in [2.24, 2.45) is 5.41 Å². The number of fused-ring (bicyclic) bond motifs is 1. The van der Waals surface area contributed by atoms with Gasteiger partial charge in [0.1, 0.15) is 23.2 Å². The van der Waals surface area contributed by atoms with Crippen LogP contribution in [0.5, 0.6) is 0 Å². The number of piperazine rings is 1. The van der Waals surface area contributed by atoms with Crippen molar-refractivity contribution in [3.63, 3.8) is 0 Å². The third-order valence-electron chi connectivity index (χ3n) is 6.95. The maximum absolute atomic E-state index is 13.2. The zero-order valence-corrected chi connectivity index (χ0v) is 23.8. The van der Waals surface area contributed by atoms with Crippen molar-refractivity contribution in [3.05, 3.63) is 53.2 Å². The first-order chi connectivity index (χ1) is 18.5. The molecule has 11 nitrogen and oxygen atoms in total. The van der Waals surface area contributed by atoms with E-state index in [9.17, 15) is 4.79 Å². The Morgan fingerprint density at radius 2 is 1.79 bits per heavy atom. The van der Waals surface area contributed by atoms with Gasteiger partial charge in [-0.15, -0.1) is 0 Å². The number of aryl methyl sites for hydroxylation is 1. The minimum absolute atomic E-state index is 0.282. The summed E-state index contributed by atoms with van der Waals surface area (Å²) in [6.07, 6.45) is 4.85. The maximum atomic E-state index is 13.2. The molecule has 4 rings (SSSR count). The highest BCUT2D eigenvalue weighted by Crippen LogP contribution is 2.28. The summed E-state index contributed by atoms with van der Waals surface area (Å²) in [6.45, 7) is 13.4. The molecule has 0 aliphatic carbocycles. The van der Waals surface area contributed by atoms with Crippen LogP contribution in [-0.2, 0) is 0 Å². The highest BCUT2D eigenvalue weighted by atomic mass is 16.1. The van der Waals surface area contributed by atoms with E-state index in [2.05, 4.69) is 47.7 Å². The fourth-order valence-electron chi connectivity index (χ4n) is 4.07. The molecule has 0 spiro atoms. The summed E-state index contributed by atoms with van der Waals surface area (Å²) in [5.74, 6) is 1.38. The highest BCUT2D eigenvalue weighted by molar-refractivity contribution is 6.00. The summed E-state index contributed by atoms with van der Waals surface area (Å²) in [5, 5.41) is 17.6. The lowest BCUT2D eigenvalue weighted by Gasteiger charge is -2.32. The van der Waals surface area contributed by atoms with Crippen LogP contribution in [0.2, 0.25) is 0 Å². The Bertz CT molecular complexity index is 1420. The quantitative estimate of drug-likeness (QED) is 0.339. The minimum Gasteiger partial charge on any atom is -0.375 e. The van der Waals surface area contributed by atoms with Crippen molar-refractivity contribution in [1.82, 2.24) is 35.5 Å². The van der Waals surface area contributed by atoms with E-state index in [0.29, 0.717) is 39.9 Å². The SMILES string of the molecule is CN/C(=C\C(=N)C(C)(C)C)NC(=O)c1cc(C)c(C)c(Nc2ncnc3cnc(N4CCN(C)CC4)nc23)c1. The second-order valence-electron chi connectivity index (χ2n) is 10.9. The number of hydrogen-bond acceptors (Lipinski definition) is 10. The topological polar surface area (TPSA) is 135 Å². The van der Waals surface area contributed by atoms with Gasteiger partial charge in [0.2, 0.25) is 5.95 Å². The number of aromatic nitrogens is 4. The number of carbonyl (C=O) groups is 1. The van der Waals surface area contributed by atoms with E-state index in [1.165, 1.54) is 6.33 Å². The van der Waals surface area contributed by atoms with E-state index in [1.54, 1.807) is 25.4 Å². The fourth-order valence-corrected chi connectivity index (χ4v) is 4.07. The van der Waals surface area contributed by atoms with Crippen molar-refractivity contribution in [2.45, 2.75) is 34.6 Å². The van der Waals surface area contributed by atoms with Crippen LogP contribution in [0, 0.1) is 24.7 Å². The van der Waals surface area contributed by atoms with Gasteiger partial charge >= 0.3 is 0 Å². The molecule has 3 aromatic rings. The number of hydrogen-bond donors (Lipinski definition) is 4. The smallest absolute Gasteiger partial charge is 0.256 e. The lowest BCUT2D eigenvalue weighted by atomic mass is 9.90. The molecular weight excluding hydrogens is 492 g/mol. The molecule has 1 amide bonds. The number of amides is 1. The normalized spacial score (nSPS) is 14.8. The van der Waals surface area contributed by atoms with Crippen LogP contribution < -0.4 is 20.9 Å². The van der Waals surface area contributed by atoms with Crippen molar-refractivity contribution in [3.8, 4) is 0 Å². The first-order valence-electron chi connectivity index (χ1n) is 13.1. The van der Waals surface area contributed by atoms with Gasteiger partial charge in [-0.25, -0.2) is 19.9 Å². The number of carbonyl (C=O) groups excluding carboxylic acids is 1. The van der Waals surface area contributed by atoms with Crippen LogP contribution in [0.3, 0.4) is 0 Å². The van der Waals surface area contributed by atoms with Gasteiger partial charge in [-0.1, -0.05) is 20.8 Å². The minimum atomic E-state index is -0.335. The first kappa shape index (κ1) is 27.9. The molecule has 0 unspecified atom stereocenters. The van der Waals surface area contributed by atoms with Gasteiger partial charge in [0.05, 0.1) is 6.20 Å². The third kappa shape index (κ3) is 6.48. The Morgan fingerprint density at radius 1 is 1.08 bits per heavy atom. The van der Waals surface area contributed by atoms with Crippen LogP contribution in [0.1, 0.15) is 42.3 Å².